The van der Waals surface area contributed by atoms with Crippen molar-refractivity contribution in [1.29, 1.82) is 0 Å². The summed E-state index contributed by atoms with van der Waals surface area (Å²) in [5.41, 5.74) is 3.52. The number of allylic oxidation sites excluding steroid dienone is 2. The van der Waals surface area contributed by atoms with Crippen LogP contribution >= 0.6 is 11.8 Å². The molecule has 0 bridgehead atoms. The largest absolute Gasteiger partial charge is 0.479 e. The van der Waals surface area contributed by atoms with Gasteiger partial charge in [-0.05, 0) is 24.7 Å². The van der Waals surface area contributed by atoms with Crippen LogP contribution in [0.5, 0.6) is 5.88 Å². The highest BCUT2D eigenvalue weighted by atomic mass is 32.2. The highest BCUT2D eigenvalue weighted by Crippen LogP contribution is 2.49. The van der Waals surface area contributed by atoms with E-state index in [1.54, 1.807) is 25.2 Å². The van der Waals surface area contributed by atoms with Crippen molar-refractivity contribution in [3.63, 3.8) is 0 Å². The molecule has 0 spiro atoms. The summed E-state index contributed by atoms with van der Waals surface area (Å²) in [6.45, 7) is 7.70. The molecule has 0 saturated heterocycles. The van der Waals surface area contributed by atoms with Crippen LogP contribution in [0.4, 0.5) is 5.69 Å². The van der Waals surface area contributed by atoms with E-state index >= 15 is 0 Å². The number of aliphatic imine (C=N–C) groups is 1. The van der Waals surface area contributed by atoms with Crippen LogP contribution in [0.25, 0.3) is 0 Å². The number of thioether (sulfide) groups is 1. The number of anilines is 1. The third-order valence-corrected chi connectivity index (χ3v) is 5.29. The molecule has 1 N–H and O–H groups in total. The van der Waals surface area contributed by atoms with Gasteiger partial charge in [0.1, 0.15) is 17.0 Å². The lowest BCUT2D eigenvalue weighted by molar-refractivity contribution is 0.371. The normalized spacial score (nSPS) is 20.8. The Kier molecular flexibility index (Phi) is 4.62. The molecule has 3 rings (SSSR count). The average molecular weight is 332 g/mol. The Bertz CT molecular complexity index is 667. The summed E-state index contributed by atoms with van der Waals surface area (Å²) in [7, 11) is 1.64. The second kappa shape index (κ2) is 6.51. The molecule has 5 nitrogen and oxygen atoms in total. The first-order valence-corrected chi connectivity index (χ1v) is 8.96. The number of aromatic nitrogens is 2. The van der Waals surface area contributed by atoms with Crippen LogP contribution in [0.2, 0.25) is 0 Å². The molecule has 6 heteroatoms. The fourth-order valence-electron chi connectivity index (χ4n) is 2.99. The molecule has 1 aliphatic carbocycles. The zero-order valence-electron chi connectivity index (χ0n) is 14.3. The minimum Gasteiger partial charge on any atom is -0.479 e. The van der Waals surface area contributed by atoms with Gasteiger partial charge in [0.15, 0.2) is 0 Å². The van der Waals surface area contributed by atoms with Gasteiger partial charge in [0, 0.05) is 12.2 Å². The minimum atomic E-state index is 0.206. The topological polar surface area (TPSA) is 59.4 Å². The summed E-state index contributed by atoms with van der Waals surface area (Å²) >= 11 is 1.69. The van der Waals surface area contributed by atoms with Gasteiger partial charge >= 0.3 is 0 Å². The third kappa shape index (κ3) is 3.37. The molecule has 1 aromatic rings. The van der Waals surface area contributed by atoms with E-state index in [1.807, 2.05) is 0 Å². The zero-order chi connectivity index (χ0) is 16.4. The van der Waals surface area contributed by atoms with E-state index in [-0.39, 0.29) is 5.41 Å². The Hall–Kier alpha value is -1.56. The van der Waals surface area contributed by atoms with Gasteiger partial charge in [-0.3, -0.25) is 4.99 Å². The van der Waals surface area contributed by atoms with Crippen molar-refractivity contribution in [1.82, 2.24) is 9.97 Å². The van der Waals surface area contributed by atoms with Gasteiger partial charge in [-0.2, -0.15) is 4.98 Å². The summed E-state index contributed by atoms with van der Waals surface area (Å²) in [5.74, 6) is 0.599. The molecule has 2 aliphatic rings. The van der Waals surface area contributed by atoms with Gasteiger partial charge < -0.3 is 10.1 Å². The van der Waals surface area contributed by atoms with Gasteiger partial charge in [0.25, 0.3) is 0 Å². The number of nitrogens with zero attached hydrogens (tertiary/aromatic N) is 3. The Labute approximate surface area is 142 Å². The maximum atomic E-state index is 5.37. The monoisotopic (exact) mass is 332 g/mol. The molecule has 2 heterocycles. The summed E-state index contributed by atoms with van der Waals surface area (Å²) in [6, 6.07) is 0. The highest BCUT2D eigenvalue weighted by Gasteiger charge is 2.36. The van der Waals surface area contributed by atoms with Crippen LogP contribution in [-0.2, 0) is 0 Å². The predicted octanol–water partition coefficient (Wildman–Crippen LogP) is 4.28. The van der Waals surface area contributed by atoms with Gasteiger partial charge in [-0.15, -0.1) is 0 Å². The molecule has 0 saturated carbocycles. The molecule has 0 amide bonds. The van der Waals surface area contributed by atoms with E-state index in [0.717, 1.165) is 36.5 Å². The van der Waals surface area contributed by atoms with Crippen LogP contribution in [0, 0.1) is 5.41 Å². The number of nitrogens with one attached hydrogen (secondary N) is 1. The van der Waals surface area contributed by atoms with Crippen molar-refractivity contribution in [2.45, 2.75) is 51.5 Å². The molecule has 1 aromatic heterocycles. The van der Waals surface area contributed by atoms with E-state index in [9.17, 15) is 0 Å². The first kappa shape index (κ1) is 16.3. The van der Waals surface area contributed by atoms with Crippen LogP contribution in [-0.4, -0.2) is 29.3 Å². The van der Waals surface area contributed by atoms with Crippen molar-refractivity contribution < 1.29 is 4.74 Å². The van der Waals surface area contributed by atoms with Crippen molar-refractivity contribution in [2.75, 3.05) is 19.0 Å². The first-order valence-electron chi connectivity index (χ1n) is 8.15. The standard InChI is InChI=1S/C17H24N4OS/c1-5-6-7-18-11-8-17(2,3)9-12-14(11)23-16-13(21-12)15(22-4)19-10-20-16/h10,21H,5-9H2,1-4H3. The van der Waals surface area contributed by atoms with Crippen molar-refractivity contribution >= 4 is 23.2 Å². The second-order valence-corrected chi connectivity index (χ2v) is 7.80. The number of hydrogen-bond acceptors (Lipinski definition) is 6. The number of fused-ring (bicyclic) bond motifs is 1. The number of methoxy groups -OCH3 is 1. The lowest BCUT2D eigenvalue weighted by Gasteiger charge is -2.36. The van der Waals surface area contributed by atoms with Crippen LogP contribution in [0.15, 0.2) is 26.9 Å². The number of hydrogen-bond donors (Lipinski definition) is 1. The molecule has 0 atom stereocenters. The Morgan fingerprint density at radius 1 is 1.35 bits per heavy atom. The molecule has 0 radical (unpaired) electrons. The predicted molar refractivity (Wildman–Crippen MR) is 95.3 cm³/mol. The number of unbranched alkanes of at least 4 members (excludes halogenated alkanes) is 1. The van der Waals surface area contributed by atoms with E-state index < -0.39 is 0 Å². The fourth-order valence-corrected chi connectivity index (χ4v) is 4.03. The lowest BCUT2D eigenvalue weighted by atomic mass is 9.78. The number of ether oxygens (including phenoxy) is 1. The number of rotatable bonds is 4. The van der Waals surface area contributed by atoms with E-state index in [2.05, 4.69) is 36.1 Å². The van der Waals surface area contributed by atoms with Gasteiger partial charge in [-0.1, -0.05) is 39.0 Å². The molecular formula is C17H24N4OS. The van der Waals surface area contributed by atoms with Gasteiger partial charge in [-0.25, -0.2) is 4.98 Å². The smallest absolute Gasteiger partial charge is 0.241 e. The van der Waals surface area contributed by atoms with Crippen molar-refractivity contribution in [2.24, 2.45) is 10.4 Å². The summed E-state index contributed by atoms with van der Waals surface area (Å²) in [6.07, 6.45) is 5.88. The van der Waals surface area contributed by atoms with E-state index in [1.165, 1.54) is 22.7 Å². The summed E-state index contributed by atoms with van der Waals surface area (Å²) in [4.78, 5) is 14.7. The van der Waals surface area contributed by atoms with Crippen LogP contribution < -0.4 is 10.1 Å². The highest BCUT2D eigenvalue weighted by molar-refractivity contribution is 8.04. The molecule has 1 aliphatic heterocycles. The lowest BCUT2D eigenvalue weighted by Crippen LogP contribution is -2.29. The van der Waals surface area contributed by atoms with Gasteiger partial charge in [0.05, 0.1) is 17.7 Å². The van der Waals surface area contributed by atoms with Crippen LogP contribution in [0.3, 0.4) is 0 Å². The maximum absolute atomic E-state index is 5.37. The maximum Gasteiger partial charge on any atom is 0.241 e. The fraction of sp³-hybridized carbons (Fsp3) is 0.588. The zero-order valence-corrected chi connectivity index (χ0v) is 15.1. The van der Waals surface area contributed by atoms with Gasteiger partial charge in [0.2, 0.25) is 5.88 Å². The summed E-state index contributed by atoms with van der Waals surface area (Å²) < 4.78 is 5.37. The minimum absolute atomic E-state index is 0.206. The quantitative estimate of drug-likeness (QED) is 0.659. The van der Waals surface area contributed by atoms with Crippen molar-refractivity contribution in [3.05, 3.63) is 16.9 Å². The molecule has 124 valence electrons. The second-order valence-electron chi connectivity index (χ2n) is 6.80. The molecule has 0 fully saturated rings. The molecule has 0 aromatic carbocycles. The Morgan fingerprint density at radius 2 is 2.17 bits per heavy atom. The Morgan fingerprint density at radius 3 is 2.91 bits per heavy atom. The van der Waals surface area contributed by atoms with Crippen LogP contribution in [0.1, 0.15) is 46.5 Å². The SMILES string of the molecule is CCCCN=C1CC(C)(C)CC2=C1Sc1ncnc(OC)c1N2. The third-order valence-electron chi connectivity index (χ3n) is 4.10. The average Bonchev–Trinajstić information content (AvgIpc) is 2.52. The Balaban J connectivity index is 1.97. The van der Waals surface area contributed by atoms with E-state index in [4.69, 9.17) is 9.73 Å². The molecule has 23 heavy (non-hydrogen) atoms. The van der Waals surface area contributed by atoms with Crippen molar-refractivity contribution in [3.8, 4) is 5.88 Å². The summed E-state index contributed by atoms with van der Waals surface area (Å²) in [5, 5.41) is 4.44. The van der Waals surface area contributed by atoms with E-state index in [0.29, 0.717) is 5.88 Å². The molecular weight excluding hydrogens is 308 g/mol. The molecule has 0 unspecified atom stereocenters. The first-order chi connectivity index (χ1) is 11.0.